The van der Waals surface area contributed by atoms with E-state index in [0.717, 1.165) is 74.2 Å². The monoisotopic (exact) mass is 831 g/mol. The van der Waals surface area contributed by atoms with E-state index in [1.165, 1.54) is 43.8 Å². The molecule has 9 aromatic carbocycles. The van der Waals surface area contributed by atoms with Crippen molar-refractivity contribution in [2.24, 2.45) is 0 Å². The molecule has 0 aliphatic carbocycles. The van der Waals surface area contributed by atoms with E-state index in [2.05, 4.69) is 232 Å². The molecule has 0 bridgehead atoms. The van der Waals surface area contributed by atoms with Gasteiger partial charge in [-0.3, -0.25) is 0 Å². The number of fused-ring (bicyclic) bond motifs is 9. The maximum Gasteiger partial charge on any atom is 0.151 e. The van der Waals surface area contributed by atoms with Gasteiger partial charge in [0, 0.05) is 22.2 Å². The van der Waals surface area contributed by atoms with Crippen molar-refractivity contribution in [1.29, 1.82) is 0 Å². The highest BCUT2D eigenvalue weighted by molar-refractivity contribution is 6.15. The van der Waals surface area contributed by atoms with Crippen LogP contribution in [0.25, 0.3) is 21.5 Å². The third-order valence-corrected chi connectivity index (χ3v) is 13.7. The molecule has 3 aliphatic heterocycles. The Labute approximate surface area is 375 Å². The predicted molar refractivity (Wildman–Crippen MR) is 266 cm³/mol. The quantitative estimate of drug-likeness (QED) is 0.161. The molecule has 64 heavy (non-hydrogen) atoms. The zero-order valence-corrected chi connectivity index (χ0v) is 37.1. The molecule has 0 N–H and O–H groups in total. The van der Waals surface area contributed by atoms with Gasteiger partial charge in [0.2, 0.25) is 0 Å². The van der Waals surface area contributed by atoms with Crippen molar-refractivity contribution in [2.45, 2.75) is 58.8 Å². The summed E-state index contributed by atoms with van der Waals surface area (Å²) in [6, 6.07) is 64.3. The van der Waals surface area contributed by atoms with Gasteiger partial charge < -0.3 is 24.2 Å². The number of para-hydroxylation sites is 4. The van der Waals surface area contributed by atoms with Crippen LogP contribution in [0.3, 0.4) is 0 Å². The fraction of sp³-hybridized carbons (Fsp3) is 0.153. The lowest BCUT2D eigenvalue weighted by molar-refractivity contribution is 0.475. The molecule has 9 aromatic rings. The van der Waals surface area contributed by atoms with Gasteiger partial charge in [-0.2, -0.15) is 0 Å². The Balaban J connectivity index is 1.13. The van der Waals surface area contributed by atoms with Crippen molar-refractivity contribution in [1.82, 2.24) is 0 Å². The predicted octanol–water partition coefficient (Wildman–Crippen LogP) is 17.5. The summed E-state index contributed by atoms with van der Waals surface area (Å²) in [6.07, 6.45) is 0. The Morgan fingerprint density at radius 1 is 0.359 bits per heavy atom. The number of nitrogens with zero attached hydrogens (tertiary/aromatic N) is 3. The van der Waals surface area contributed by atoms with Gasteiger partial charge in [-0.1, -0.05) is 139 Å². The molecule has 0 amide bonds. The van der Waals surface area contributed by atoms with Crippen LogP contribution in [0.1, 0.15) is 75.6 Å². The molecule has 0 aromatic heterocycles. The van der Waals surface area contributed by atoms with Crippen molar-refractivity contribution in [3.63, 3.8) is 0 Å². The van der Waals surface area contributed by atoms with Crippen LogP contribution >= 0.6 is 0 Å². The molecule has 0 atom stereocenters. The molecule has 0 unspecified atom stereocenters. The Bertz CT molecular complexity index is 3200. The molecule has 0 fully saturated rings. The molecule has 0 saturated carbocycles. The minimum absolute atomic E-state index is 0.342. The first-order valence-electron chi connectivity index (χ1n) is 22.6. The standard InChI is InChI=1S/C59H49N3O2/c1-36(2)38-23-29-50-57(32-38)63-55-21-13-11-19-48(55)60(50)41-25-27-46-53(34-41)62(52-31-40-15-7-8-16-43(40)44-17-9-10-18-45(44)52)54-35-42(26-28-47(54)59(46,5)6)61-49-20-12-14-22-56(49)64-58-33-39(37(3)4)24-30-51(58)61/h7-37H,1-6H3. The Hall–Kier alpha value is -7.50. The van der Waals surface area contributed by atoms with Gasteiger partial charge in [-0.25, -0.2) is 0 Å². The van der Waals surface area contributed by atoms with E-state index in [1.54, 1.807) is 0 Å². The Morgan fingerprint density at radius 2 is 0.812 bits per heavy atom. The first-order chi connectivity index (χ1) is 31.1. The Morgan fingerprint density at radius 3 is 1.34 bits per heavy atom. The van der Waals surface area contributed by atoms with Gasteiger partial charge in [-0.05, 0) is 129 Å². The SMILES string of the molecule is CC(C)c1ccc2c(c1)Oc1ccccc1N2c1ccc2c(c1)N(c1cc3ccccc3c3ccccc13)c1cc(N3c4ccccc4Oc4cc(C(C)C)ccc43)ccc1C2(C)C. The van der Waals surface area contributed by atoms with Gasteiger partial charge in [-0.15, -0.1) is 0 Å². The molecule has 0 saturated heterocycles. The summed E-state index contributed by atoms with van der Waals surface area (Å²) in [7, 11) is 0. The van der Waals surface area contributed by atoms with Gasteiger partial charge in [0.05, 0.1) is 39.8 Å². The molecule has 5 nitrogen and oxygen atoms in total. The lowest BCUT2D eigenvalue weighted by Gasteiger charge is -2.44. The van der Waals surface area contributed by atoms with Gasteiger partial charge in [0.15, 0.2) is 23.0 Å². The van der Waals surface area contributed by atoms with Crippen LogP contribution in [-0.2, 0) is 5.41 Å². The molecule has 12 rings (SSSR count). The second-order valence-electron chi connectivity index (χ2n) is 18.6. The normalized spacial score (nSPS) is 14.3. The third kappa shape index (κ3) is 5.76. The van der Waals surface area contributed by atoms with Crippen LogP contribution in [0.5, 0.6) is 23.0 Å². The summed E-state index contributed by atoms with van der Waals surface area (Å²) in [5, 5.41) is 4.86. The zero-order chi connectivity index (χ0) is 43.4. The van der Waals surface area contributed by atoms with Crippen molar-refractivity contribution < 1.29 is 9.47 Å². The highest BCUT2D eigenvalue weighted by atomic mass is 16.5. The number of anilines is 9. The van der Waals surface area contributed by atoms with Gasteiger partial charge >= 0.3 is 0 Å². The average molecular weight is 832 g/mol. The van der Waals surface area contributed by atoms with E-state index in [-0.39, 0.29) is 5.41 Å². The molecule has 3 aliphatic rings. The largest absolute Gasteiger partial charge is 0.453 e. The van der Waals surface area contributed by atoms with Crippen LogP contribution in [0.4, 0.5) is 51.2 Å². The average Bonchev–Trinajstić information content (AvgIpc) is 3.31. The van der Waals surface area contributed by atoms with Gasteiger partial charge in [0.1, 0.15) is 0 Å². The van der Waals surface area contributed by atoms with Crippen LogP contribution in [0, 0.1) is 0 Å². The second-order valence-corrected chi connectivity index (χ2v) is 18.6. The smallest absolute Gasteiger partial charge is 0.151 e. The topological polar surface area (TPSA) is 28.2 Å². The van der Waals surface area contributed by atoms with Crippen LogP contribution in [0.2, 0.25) is 0 Å². The number of rotatable bonds is 5. The van der Waals surface area contributed by atoms with E-state index < -0.39 is 0 Å². The van der Waals surface area contributed by atoms with Crippen molar-refractivity contribution in [2.75, 3.05) is 14.7 Å². The van der Waals surface area contributed by atoms with Crippen molar-refractivity contribution >= 4 is 72.7 Å². The van der Waals surface area contributed by atoms with E-state index in [0.29, 0.717) is 11.8 Å². The number of hydrogen-bond donors (Lipinski definition) is 0. The molecule has 0 radical (unpaired) electrons. The molecule has 5 heteroatoms. The van der Waals surface area contributed by atoms with E-state index >= 15 is 0 Å². The molecule has 3 heterocycles. The van der Waals surface area contributed by atoms with Crippen LogP contribution in [-0.4, -0.2) is 0 Å². The lowest BCUT2D eigenvalue weighted by atomic mass is 9.73. The Kier molecular flexibility index (Phi) is 8.51. The minimum Gasteiger partial charge on any atom is -0.453 e. The number of ether oxygens (including phenoxy) is 2. The van der Waals surface area contributed by atoms with E-state index in [1.807, 2.05) is 0 Å². The summed E-state index contributed by atoms with van der Waals surface area (Å²) in [5.41, 5.74) is 14.3. The molecule has 312 valence electrons. The molecular formula is C59H49N3O2. The lowest BCUT2D eigenvalue weighted by Crippen LogP contribution is -2.31. The fourth-order valence-corrected chi connectivity index (χ4v) is 10.3. The summed E-state index contributed by atoms with van der Waals surface area (Å²) < 4.78 is 13.3. The summed E-state index contributed by atoms with van der Waals surface area (Å²) in [6.45, 7) is 13.7. The van der Waals surface area contributed by atoms with Gasteiger partial charge in [0.25, 0.3) is 0 Å². The van der Waals surface area contributed by atoms with E-state index in [9.17, 15) is 0 Å². The van der Waals surface area contributed by atoms with Crippen LogP contribution in [0.15, 0.2) is 176 Å². The fourth-order valence-electron chi connectivity index (χ4n) is 10.3. The highest BCUT2D eigenvalue weighted by Crippen LogP contribution is 2.59. The second kappa shape index (κ2) is 14.3. The minimum atomic E-state index is -0.342. The molecular weight excluding hydrogens is 783 g/mol. The molecule has 0 spiro atoms. The van der Waals surface area contributed by atoms with Crippen LogP contribution < -0.4 is 24.2 Å². The summed E-state index contributed by atoms with van der Waals surface area (Å²) >= 11 is 0. The summed E-state index contributed by atoms with van der Waals surface area (Å²) in [4.78, 5) is 7.30. The summed E-state index contributed by atoms with van der Waals surface area (Å²) in [5.74, 6) is 4.15. The highest BCUT2D eigenvalue weighted by Gasteiger charge is 2.40. The maximum absolute atomic E-state index is 6.66. The maximum atomic E-state index is 6.66. The number of hydrogen-bond acceptors (Lipinski definition) is 5. The van der Waals surface area contributed by atoms with Crippen molar-refractivity contribution in [3.8, 4) is 23.0 Å². The first kappa shape index (κ1) is 38.2. The van der Waals surface area contributed by atoms with Crippen molar-refractivity contribution in [3.05, 3.63) is 198 Å². The first-order valence-corrected chi connectivity index (χ1v) is 22.6. The van der Waals surface area contributed by atoms with E-state index in [4.69, 9.17) is 9.47 Å². The number of benzene rings is 9. The third-order valence-electron chi connectivity index (χ3n) is 13.7. The zero-order valence-electron chi connectivity index (χ0n) is 37.1.